The number of nitrogens with zero attached hydrogens (tertiary/aromatic N) is 3. The second kappa shape index (κ2) is 10.1. The Labute approximate surface area is 190 Å². The van der Waals surface area contributed by atoms with Crippen LogP contribution >= 0.6 is 11.8 Å². The third kappa shape index (κ3) is 5.31. The van der Waals surface area contributed by atoms with E-state index < -0.39 is 0 Å². The molecule has 160 valence electrons. The first-order valence-corrected chi connectivity index (χ1v) is 11.4. The Morgan fingerprint density at radius 2 is 1.68 bits per heavy atom. The van der Waals surface area contributed by atoms with E-state index in [1.54, 1.807) is 0 Å². The predicted octanol–water partition coefficient (Wildman–Crippen LogP) is 7.02. The molecule has 0 fully saturated rings. The maximum Gasteiger partial charge on any atom is 0.0992 e. The Bertz CT molecular complexity index is 1050. The van der Waals surface area contributed by atoms with Gasteiger partial charge >= 0.3 is 0 Å². The molecule has 1 aliphatic heterocycles. The van der Waals surface area contributed by atoms with Crippen LogP contribution in [0.25, 0.3) is 11.6 Å². The first-order valence-electron chi connectivity index (χ1n) is 10.6. The number of rotatable bonds is 9. The van der Waals surface area contributed by atoms with Crippen LogP contribution in [-0.4, -0.2) is 37.8 Å². The molecule has 3 rings (SSSR count). The first-order chi connectivity index (χ1) is 14.9. The van der Waals surface area contributed by atoms with Gasteiger partial charge in [-0.25, -0.2) is 0 Å². The largest absolute Gasteiger partial charge is 0.298 e. The lowest BCUT2D eigenvalue weighted by molar-refractivity contribution is 0.438. The molecule has 0 atom stereocenters. The zero-order valence-electron chi connectivity index (χ0n) is 18.8. The Hall–Kier alpha value is -2.72. The molecule has 0 radical (unpaired) electrons. The van der Waals surface area contributed by atoms with Crippen LogP contribution in [0.15, 0.2) is 79.4 Å². The van der Waals surface area contributed by atoms with Gasteiger partial charge in [-0.3, -0.25) is 15.0 Å². The zero-order chi connectivity index (χ0) is 22.4. The van der Waals surface area contributed by atoms with E-state index in [0.29, 0.717) is 13.1 Å². The summed E-state index contributed by atoms with van der Waals surface area (Å²) >= 11 is 1.81. The standard InChI is InChI=1S/C27H31N3S/c1-7-27(17-28-5,18-29-6)30-20(3)14-19(2)15-22-12-13-26-24(16-22)21(4)23-10-8-9-11-25(23)31-26/h8-13,15-16H,4-7,14,17-18H2,1-3H3/b19-15-,30-20?. The van der Waals surface area contributed by atoms with Crippen LogP contribution < -0.4 is 0 Å². The number of allylic oxidation sites excluding steroid dienone is 1. The minimum atomic E-state index is -0.331. The van der Waals surface area contributed by atoms with Crippen molar-refractivity contribution in [2.45, 2.75) is 48.9 Å². The highest BCUT2D eigenvalue weighted by atomic mass is 32.2. The maximum absolute atomic E-state index is 4.99. The smallest absolute Gasteiger partial charge is 0.0992 e. The van der Waals surface area contributed by atoms with Gasteiger partial charge in [0.25, 0.3) is 0 Å². The Balaban J connectivity index is 1.81. The fraction of sp³-hybridized carbons (Fsp3) is 0.296. The van der Waals surface area contributed by atoms with Crippen LogP contribution in [0.5, 0.6) is 0 Å². The van der Waals surface area contributed by atoms with Crippen LogP contribution in [0.3, 0.4) is 0 Å². The van der Waals surface area contributed by atoms with Crippen LogP contribution in [-0.2, 0) is 0 Å². The van der Waals surface area contributed by atoms with Gasteiger partial charge in [-0.1, -0.05) is 61.2 Å². The van der Waals surface area contributed by atoms with Crippen molar-refractivity contribution in [2.75, 3.05) is 13.1 Å². The molecule has 31 heavy (non-hydrogen) atoms. The van der Waals surface area contributed by atoms with E-state index >= 15 is 0 Å². The molecule has 2 aromatic carbocycles. The van der Waals surface area contributed by atoms with Gasteiger partial charge in [0.1, 0.15) is 0 Å². The fourth-order valence-electron chi connectivity index (χ4n) is 4.05. The van der Waals surface area contributed by atoms with E-state index in [2.05, 4.69) is 99.3 Å². The van der Waals surface area contributed by atoms with Crippen LogP contribution in [0.1, 0.15) is 50.3 Å². The van der Waals surface area contributed by atoms with Crippen LogP contribution in [0.4, 0.5) is 0 Å². The van der Waals surface area contributed by atoms with Gasteiger partial charge in [-0.05, 0) is 74.2 Å². The molecule has 0 N–H and O–H groups in total. The van der Waals surface area contributed by atoms with E-state index in [0.717, 1.165) is 24.1 Å². The third-order valence-electron chi connectivity index (χ3n) is 5.61. The van der Waals surface area contributed by atoms with Crippen molar-refractivity contribution in [3.8, 4) is 0 Å². The SMILES string of the molecule is C=NCC(CC)(CN=C)N=C(C)C/C(C)=C\c1ccc2c(c1)C(=C)c1ccccc1S2. The average molecular weight is 430 g/mol. The lowest BCUT2D eigenvalue weighted by atomic mass is 9.95. The molecular formula is C27H31N3S. The fourth-order valence-corrected chi connectivity index (χ4v) is 5.17. The topological polar surface area (TPSA) is 37.1 Å². The molecule has 0 aliphatic carbocycles. The van der Waals surface area contributed by atoms with E-state index in [1.165, 1.54) is 32.1 Å². The van der Waals surface area contributed by atoms with Crippen molar-refractivity contribution in [3.63, 3.8) is 0 Å². The highest BCUT2D eigenvalue weighted by Crippen LogP contribution is 2.44. The third-order valence-corrected chi connectivity index (χ3v) is 6.76. The Kier molecular flexibility index (Phi) is 7.45. The second-order valence-electron chi connectivity index (χ2n) is 8.19. The summed E-state index contributed by atoms with van der Waals surface area (Å²) in [4.78, 5) is 15.7. The first kappa shape index (κ1) is 23.0. The number of benzene rings is 2. The summed E-state index contributed by atoms with van der Waals surface area (Å²) in [6.45, 7) is 19.2. The Morgan fingerprint density at radius 3 is 2.35 bits per heavy atom. The molecule has 0 saturated heterocycles. The van der Waals surface area contributed by atoms with Gasteiger partial charge < -0.3 is 0 Å². The monoisotopic (exact) mass is 429 g/mol. The molecule has 0 bridgehead atoms. The summed E-state index contributed by atoms with van der Waals surface area (Å²) in [6, 6.07) is 15.1. The summed E-state index contributed by atoms with van der Waals surface area (Å²) in [7, 11) is 0. The van der Waals surface area contributed by atoms with Gasteiger partial charge in [0.15, 0.2) is 0 Å². The highest BCUT2D eigenvalue weighted by molar-refractivity contribution is 7.99. The highest BCUT2D eigenvalue weighted by Gasteiger charge is 2.26. The van der Waals surface area contributed by atoms with Crippen LogP contribution in [0.2, 0.25) is 0 Å². The molecule has 0 amide bonds. The molecular weight excluding hydrogens is 398 g/mol. The lowest BCUT2D eigenvalue weighted by Gasteiger charge is -2.26. The number of hydrogen-bond acceptors (Lipinski definition) is 4. The molecule has 4 heteroatoms. The van der Waals surface area contributed by atoms with Gasteiger partial charge in [0.2, 0.25) is 0 Å². The quantitative estimate of drug-likeness (QED) is 0.337. The second-order valence-corrected chi connectivity index (χ2v) is 9.27. The summed E-state index contributed by atoms with van der Waals surface area (Å²) in [6.07, 6.45) is 3.91. The predicted molar refractivity (Wildman–Crippen MR) is 138 cm³/mol. The van der Waals surface area contributed by atoms with Gasteiger partial charge in [0.05, 0.1) is 18.6 Å². The lowest BCUT2D eigenvalue weighted by Crippen LogP contribution is -2.34. The molecule has 0 spiro atoms. The van der Waals surface area contributed by atoms with Crippen molar-refractivity contribution >= 4 is 42.6 Å². The molecule has 2 aromatic rings. The number of fused-ring (bicyclic) bond motifs is 2. The normalized spacial score (nSPS) is 14.1. The van der Waals surface area contributed by atoms with E-state index in [4.69, 9.17) is 4.99 Å². The molecule has 0 aromatic heterocycles. The number of hydrogen-bond donors (Lipinski definition) is 0. The zero-order valence-corrected chi connectivity index (χ0v) is 19.6. The van der Waals surface area contributed by atoms with Crippen molar-refractivity contribution in [1.82, 2.24) is 0 Å². The maximum atomic E-state index is 4.99. The molecule has 1 aliphatic rings. The minimum Gasteiger partial charge on any atom is -0.298 e. The molecule has 1 heterocycles. The van der Waals surface area contributed by atoms with E-state index in [-0.39, 0.29) is 5.54 Å². The summed E-state index contributed by atoms with van der Waals surface area (Å²) in [5, 5.41) is 0. The molecule has 0 saturated carbocycles. The van der Waals surface area contributed by atoms with Crippen LogP contribution in [0, 0.1) is 0 Å². The van der Waals surface area contributed by atoms with Gasteiger partial charge in [-0.15, -0.1) is 0 Å². The summed E-state index contributed by atoms with van der Waals surface area (Å²) < 4.78 is 0. The summed E-state index contributed by atoms with van der Waals surface area (Å²) in [5.74, 6) is 0. The van der Waals surface area contributed by atoms with Crippen molar-refractivity contribution in [2.24, 2.45) is 15.0 Å². The van der Waals surface area contributed by atoms with E-state index in [1.807, 2.05) is 11.8 Å². The number of aliphatic imine (C=N–C) groups is 3. The summed E-state index contributed by atoms with van der Waals surface area (Å²) in [5.41, 5.74) is 6.73. The van der Waals surface area contributed by atoms with Gasteiger partial charge in [-0.2, -0.15) is 0 Å². The minimum absolute atomic E-state index is 0.331. The van der Waals surface area contributed by atoms with Crippen molar-refractivity contribution in [1.29, 1.82) is 0 Å². The van der Waals surface area contributed by atoms with E-state index in [9.17, 15) is 0 Å². The molecule has 0 unspecified atom stereocenters. The van der Waals surface area contributed by atoms with Crippen molar-refractivity contribution in [3.05, 3.63) is 71.3 Å². The Morgan fingerprint density at radius 1 is 1.00 bits per heavy atom. The van der Waals surface area contributed by atoms with Gasteiger partial charge in [0, 0.05) is 21.9 Å². The van der Waals surface area contributed by atoms with Crippen molar-refractivity contribution < 1.29 is 0 Å². The molecule has 3 nitrogen and oxygen atoms in total. The average Bonchev–Trinajstić information content (AvgIpc) is 2.74.